The number of nitrogens with zero attached hydrogens (tertiary/aromatic N) is 2. The summed E-state index contributed by atoms with van der Waals surface area (Å²) in [6.07, 6.45) is 4.95. The van der Waals surface area contributed by atoms with Crippen LogP contribution >= 0.6 is 11.6 Å². The van der Waals surface area contributed by atoms with Crippen molar-refractivity contribution in [1.29, 1.82) is 0 Å². The van der Waals surface area contributed by atoms with Gasteiger partial charge >= 0.3 is 0 Å². The van der Waals surface area contributed by atoms with Gasteiger partial charge in [-0.25, -0.2) is 0 Å². The van der Waals surface area contributed by atoms with Crippen LogP contribution in [0.5, 0.6) is 0 Å². The molecular formula is C11H16ClN3O. The first-order valence-corrected chi connectivity index (χ1v) is 6.01. The quantitative estimate of drug-likeness (QED) is 0.821. The molecule has 1 heterocycles. The number of aryl methyl sites for hydroxylation is 1. The molecule has 0 amide bonds. The summed E-state index contributed by atoms with van der Waals surface area (Å²) < 4.78 is 1.66. The van der Waals surface area contributed by atoms with Gasteiger partial charge in [-0.05, 0) is 25.7 Å². The molecule has 1 fully saturated rings. The van der Waals surface area contributed by atoms with Crippen molar-refractivity contribution >= 4 is 17.4 Å². The summed E-state index contributed by atoms with van der Waals surface area (Å²) in [4.78, 5) is 12.3. The van der Waals surface area contributed by atoms with Gasteiger partial charge in [-0.3, -0.25) is 9.48 Å². The van der Waals surface area contributed by atoms with Gasteiger partial charge in [0.1, 0.15) is 5.69 Å². The van der Waals surface area contributed by atoms with Crippen molar-refractivity contribution in [1.82, 2.24) is 9.78 Å². The zero-order valence-corrected chi connectivity index (χ0v) is 10.1. The predicted octanol–water partition coefficient (Wildman–Crippen LogP) is 2.01. The minimum atomic E-state index is -0.699. The average Bonchev–Trinajstić information content (AvgIpc) is 2.56. The van der Waals surface area contributed by atoms with E-state index in [0.717, 1.165) is 25.7 Å². The van der Waals surface area contributed by atoms with Crippen LogP contribution in [0, 0.1) is 0 Å². The Kier molecular flexibility index (Phi) is 3.04. The molecule has 1 saturated carbocycles. The number of rotatable bonds is 4. The van der Waals surface area contributed by atoms with Gasteiger partial charge in [-0.1, -0.05) is 18.5 Å². The summed E-state index contributed by atoms with van der Waals surface area (Å²) in [5.41, 5.74) is 5.80. The predicted molar refractivity (Wildman–Crippen MR) is 62.6 cm³/mol. The SMILES string of the molecule is CCCn1ncc(Cl)c1C(=O)C1(N)CCC1. The Morgan fingerprint density at radius 1 is 1.69 bits per heavy atom. The molecule has 2 rings (SSSR count). The van der Waals surface area contributed by atoms with Crippen LogP contribution in [0.3, 0.4) is 0 Å². The molecule has 0 unspecified atom stereocenters. The number of carbonyl (C=O) groups excluding carboxylic acids is 1. The summed E-state index contributed by atoms with van der Waals surface area (Å²) in [6.45, 7) is 2.73. The number of hydrogen-bond donors (Lipinski definition) is 1. The maximum Gasteiger partial charge on any atom is 0.202 e. The van der Waals surface area contributed by atoms with Crippen LogP contribution in [-0.2, 0) is 6.54 Å². The van der Waals surface area contributed by atoms with Gasteiger partial charge in [-0.15, -0.1) is 0 Å². The van der Waals surface area contributed by atoms with E-state index in [9.17, 15) is 4.79 Å². The first kappa shape index (κ1) is 11.6. The van der Waals surface area contributed by atoms with Crippen LogP contribution in [-0.4, -0.2) is 21.1 Å². The van der Waals surface area contributed by atoms with Crippen molar-refractivity contribution in [3.63, 3.8) is 0 Å². The van der Waals surface area contributed by atoms with Crippen molar-refractivity contribution in [3.8, 4) is 0 Å². The van der Waals surface area contributed by atoms with E-state index < -0.39 is 5.54 Å². The molecule has 1 aliphatic carbocycles. The van der Waals surface area contributed by atoms with Gasteiger partial charge in [0, 0.05) is 6.54 Å². The molecular weight excluding hydrogens is 226 g/mol. The second-order valence-electron chi connectivity index (χ2n) is 4.40. The fourth-order valence-corrected chi connectivity index (χ4v) is 2.22. The van der Waals surface area contributed by atoms with Gasteiger partial charge in [0.05, 0.1) is 16.8 Å². The molecule has 2 N–H and O–H groups in total. The van der Waals surface area contributed by atoms with Crippen LogP contribution < -0.4 is 5.73 Å². The monoisotopic (exact) mass is 241 g/mol. The van der Waals surface area contributed by atoms with Crippen LogP contribution in [0.25, 0.3) is 0 Å². The second kappa shape index (κ2) is 4.18. The molecule has 88 valence electrons. The topological polar surface area (TPSA) is 60.9 Å². The lowest BCUT2D eigenvalue weighted by Crippen LogP contribution is -2.54. The number of Topliss-reactive ketones (excluding diaryl/α,β-unsaturated/α-hetero) is 1. The van der Waals surface area contributed by atoms with Gasteiger partial charge in [-0.2, -0.15) is 5.10 Å². The molecule has 0 atom stereocenters. The highest BCUT2D eigenvalue weighted by Crippen LogP contribution is 2.34. The molecule has 0 radical (unpaired) electrons. The molecule has 5 heteroatoms. The molecule has 0 saturated heterocycles. The number of nitrogens with two attached hydrogens (primary N) is 1. The Morgan fingerprint density at radius 3 is 2.88 bits per heavy atom. The standard InChI is InChI=1S/C11H16ClN3O/c1-2-6-15-9(8(12)7-14-15)10(16)11(13)4-3-5-11/h7H,2-6,13H2,1H3. The average molecular weight is 242 g/mol. The van der Waals surface area contributed by atoms with E-state index in [1.807, 2.05) is 6.92 Å². The van der Waals surface area contributed by atoms with Crippen LogP contribution in [0.1, 0.15) is 43.1 Å². The third kappa shape index (κ3) is 1.76. The molecule has 4 nitrogen and oxygen atoms in total. The molecule has 1 aromatic heterocycles. The Labute approximate surface area is 99.8 Å². The van der Waals surface area contributed by atoms with Crippen molar-refractivity contribution in [3.05, 3.63) is 16.9 Å². The summed E-state index contributed by atoms with van der Waals surface area (Å²) in [5.74, 6) is -0.0605. The van der Waals surface area contributed by atoms with Crippen molar-refractivity contribution in [2.45, 2.75) is 44.7 Å². The minimum Gasteiger partial charge on any atom is -0.319 e. The first-order chi connectivity index (χ1) is 7.58. The largest absolute Gasteiger partial charge is 0.319 e. The summed E-state index contributed by atoms with van der Waals surface area (Å²) >= 11 is 6.00. The lowest BCUT2D eigenvalue weighted by atomic mass is 9.73. The normalized spacial score (nSPS) is 18.2. The number of hydrogen-bond acceptors (Lipinski definition) is 3. The molecule has 1 aromatic rings. The summed E-state index contributed by atoms with van der Waals surface area (Å²) in [6, 6.07) is 0. The van der Waals surface area contributed by atoms with E-state index in [1.54, 1.807) is 4.68 Å². The number of halogens is 1. The lowest BCUT2D eigenvalue weighted by molar-refractivity contribution is 0.0789. The van der Waals surface area contributed by atoms with Crippen LogP contribution in [0.15, 0.2) is 6.20 Å². The van der Waals surface area contributed by atoms with Gasteiger partial charge in [0.25, 0.3) is 0 Å². The third-order valence-electron chi connectivity index (χ3n) is 3.14. The third-order valence-corrected chi connectivity index (χ3v) is 3.42. The fraction of sp³-hybridized carbons (Fsp3) is 0.636. The van der Waals surface area contributed by atoms with E-state index in [1.165, 1.54) is 6.20 Å². The maximum absolute atomic E-state index is 12.3. The van der Waals surface area contributed by atoms with Crippen LogP contribution in [0.2, 0.25) is 5.02 Å². The van der Waals surface area contributed by atoms with Crippen LogP contribution in [0.4, 0.5) is 0 Å². The second-order valence-corrected chi connectivity index (χ2v) is 4.81. The minimum absolute atomic E-state index is 0.0605. The smallest absolute Gasteiger partial charge is 0.202 e. The highest BCUT2D eigenvalue weighted by Gasteiger charge is 2.42. The van der Waals surface area contributed by atoms with E-state index >= 15 is 0 Å². The van der Waals surface area contributed by atoms with Crippen molar-refractivity contribution in [2.24, 2.45) is 5.73 Å². The lowest BCUT2D eigenvalue weighted by Gasteiger charge is -2.36. The zero-order valence-electron chi connectivity index (χ0n) is 9.37. The summed E-state index contributed by atoms with van der Waals surface area (Å²) in [5, 5.41) is 4.52. The Morgan fingerprint density at radius 2 is 2.38 bits per heavy atom. The Hall–Kier alpha value is -0.870. The van der Waals surface area contributed by atoms with E-state index in [-0.39, 0.29) is 5.78 Å². The molecule has 0 spiro atoms. The molecule has 16 heavy (non-hydrogen) atoms. The van der Waals surface area contributed by atoms with E-state index in [2.05, 4.69) is 5.10 Å². The Bertz CT molecular complexity index is 409. The van der Waals surface area contributed by atoms with Gasteiger partial charge in [0.15, 0.2) is 0 Å². The summed E-state index contributed by atoms with van der Waals surface area (Å²) in [7, 11) is 0. The van der Waals surface area contributed by atoms with Crippen molar-refractivity contribution < 1.29 is 4.79 Å². The zero-order chi connectivity index (χ0) is 11.8. The highest BCUT2D eigenvalue weighted by atomic mass is 35.5. The van der Waals surface area contributed by atoms with E-state index in [0.29, 0.717) is 17.3 Å². The fourth-order valence-electron chi connectivity index (χ4n) is 1.99. The highest BCUT2D eigenvalue weighted by molar-refractivity contribution is 6.34. The number of carbonyl (C=O) groups is 1. The van der Waals surface area contributed by atoms with E-state index in [4.69, 9.17) is 17.3 Å². The Balaban J connectivity index is 2.31. The number of aromatic nitrogens is 2. The maximum atomic E-state index is 12.3. The number of ketones is 1. The van der Waals surface area contributed by atoms with Crippen molar-refractivity contribution in [2.75, 3.05) is 0 Å². The van der Waals surface area contributed by atoms with Gasteiger partial charge < -0.3 is 5.73 Å². The molecule has 0 aromatic carbocycles. The molecule has 1 aliphatic rings. The van der Waals surface area contributed by atoms with Gasteiger partial charge in [0.2, 0.25) is 5.78 Å². The molecule has 0 bridgehead atoms. The molecule has 0 aliphatic heterocycles. The first-order valence-electron chi connectivity index (χ1n) is 5.63.